The zero-order chi connectivity index (χ0) is 20.1. The van der Waals surface area contributed by atoms with E-state index in [4.69, 9.17) is 10.5 Å². The number of nitrogens with two attached hydrogens (primary N) is 1. The fraction of sp³-hybridized carbons (Fsp3) is 0.200. The molecular formula is C20H21N5O3. The van der Waals surface area contributed by atoms with Crippen LogP contribution in [0.15, 0.2) is 54.7 Å². The Morgan fingerprint density at radius 3 is 2.54 bits per heavy atom. The van der Waals surface area contributed by atoms with E-state index in [9.17, 15) is 9.59 Å². The first-order valence-corrected chi connectivity index (χ1v) is 8.84. The first-order chi connectivity index (χ1) is 13.5. The Hall–Kier alpha value is -3.68. The van der Waals surface area contributed by atoms with Crippen molar-refractivity contribution in [1.29, 1.82) is 0 Å². The summed E-state index contributed by atoms with van der Waals surface area (Å²) in [6.07, 6.45) is 1.47. The Bertz CT molecular complexity index is 982. The van der Waals surface area contributed by atoms with Crippen LogP contribution in [0.3, 0.4) is 0 Å². The predicted molar refractivity (Wildman–Crippen MR) is 103 cm³/mol. The van der Waals surface area contributed by atoms with Gasteiger partial charge in [0.1, 0.15) is 5.75 Å². The average molecular weight is 379 g/mol. The number of nitrogens with zero attached hydrogens (tertiary/aromatic N) is 3. The van der Waals surface area contributed by atoms with Crippen LogP contribution in [-0.4, -0.2) is 33.4 Å². The van der Waals surface area contributed by atoms with Crippen molar-refractivity contribution in [1.82, 2.24) is 20.3 Å². The van der Waals surface area contributed by atoms with E-state index >= 15 is 0 Å². The molecule has 0 aliphatic heterocycles. The van der Waals surface area contributed by atoms with E-state index in [2.05, 4.69) is 15.6 Å². The zero-order valence-electron chi connectivity index (χ0n) is 15.6. The molecule has 1 aromatic heterocycles. The van der Waals surface area contributed by atoms with Crippen LogP contribution in [0.2, 0.25) is 0 Å². The highest BCUT2D eigenvalue weighted by atomic mass is 16.5. The van der Waals surface area contributed by atoms with E-state index < -0.39 is 5.91 Å². The lowest BCUT2D eigenvalue weighted by Crippen LogP contribution is -2.27. The van der Waals surface area contributed by atoms with Gasteiger partial charge >= 0.3 is 0 Å². The van der Waals surface area contributed by atoms with Crippen molar-refractivity contribution in [3.8, 4) is 11.4 Å². The number of aromatic nitrogens is 3. The number of nitrogens with one attached hydrogen (secondary N) is 1. The number of carbonyl (C=O) groups excluding carboxylic acids is 2. The van der Waals surface area contributed by atoms with Crippen molar-refractivity contribution in [3.05, 3.63) is 71.5 Å². The molecule has 0 aliphatic rings. The normalized spacial score (nSPS) is 11.6. The monoisotopic (exact) mass is 379 g/mol. The number of rotatable bonds is 7. The molecule has 0 unspecified atom stereocenters. The highest BCUT2D eigenvalue weighted by molar-refractivity contribution is 5.97. The van der Waals surface area contributed by atoms with E-state index in [0.717, 1.165) is 11.3 Å². The predicted octanol–water partition coefficient (Wildman–Crippen LogP) is 2.26. The Balaban J connectivity index is 1.71. The molecule has 0 saturated heterocycles. The molecule has 0 spiro atoms. The third kappa shape index (κ3) is 4.17. The van der Waals surface area contributed by atoms with Crippen LogP contribution in [0.1, 0.15) is 46.3 Å². The van der Waals surface area contributed by atoms with Gasteiger partial charge in [-0.05, 0) is 43.7 Å². The molecular weight excluding hydrogens is 358 g/mol. The molecule has 8 heteroatoms. The molecule has 2 amide bonds. The van der Waals surface area contributed by atoms with Crippen molar-refractivity contribution in [2.45, 2.75) is 19.9 Å². The second-order valence-electron chi connectivity index (χ2n) is 6.13. The number of hydrogen-bond acceptors (Lipinski definition) is 5. The van der Waals surface area contributed by atoms with Gasteiger partial charge in [-0.3, -0.25) is 9.59 Å². The van der Waals surface area contributed by atoms with Crippen LogP contribution in [0.5, 0.6) is 5.75 Å². The summed E-state index contributed by atoms with van der Waals surface area (Å²) in [4.78, 5) is 23.8. The molecule has 0 aliphatic carbocycles. The van der Waals surface area contributed by atoms with Gasteiger partial charge in [-0.25, -0.2) is 4.68 Å². The van der Waals surface area contributed by atoms with Gasteiger partial charge in [-0.2, -0.15) is 0 Å². The molecule has 3 aromatic rings. The number of ether oxygens (including phenoxy) is 1. The van der Waals surface area contributed by atoms with Crippen LogP contribution in [0.4, 0.5) is 0 Å². The second-order valence-corrected chi connectivity index (χ2v) is 6.13. The van der Waals surface area contributed by atoms with Crippen LogP contribution < -0.4 is 15.8 Å². The molecule has 2 aromatic carbocycles. The van der Waals surface area contributed by atoms with E-state index in [0.29, 0.717) is 17.9 Å². The first-order valence-electron chi connectivity index (χ1n) is 8.84. The van der Waals surface area contributed by atoms with Crippen LogP contribution in [-0.2, 0) is 0 Å². The maximum Gasteiger partial charge on any atom is 0.270 e. The highest BCUT2D eigenvalue weighted by Crippen LogP contribution is 2.20. The van der Waals surface area contributed by atoms with Crippen molar-refractivity contribution in [2.24, 2.45) is 5.73 Å². The summed E-state index contributed by atoms with van der Waals surface area (Å²) in [5.41, 5.74) is 7.42. The molecule has 8 nitrogen and oxygen atoms in total. The van der Waals surface area contributed by atoms with Gasteiger partial charge < -0.3 is 15.8 Å². The largest absolute Gasteiger partial charge is 0.493 e. The molecule has 0 fully saturated rings. The lowest BCUT2D eigenvalue weighted by molar-refractivity contribution is 0.0935. The lowest BCUT2D eigenvalue weighted by atomic mass is 10.1. The summed E-state index contributed by atoms with van der Waals surface area (Å²) < 4.78 is 6.98. The molecule has 0 radical (unpaired) electrons. The molecule has 3 N–H and O–H groups in total. The quantitative estimate of drug-likeness (QED) is 0.654. The molecule has 0 saturated carbocycles. The summed E-state index contributed by atoms with van der Waals surface area (Å²) in [5.74, 6) is -0.281. The van der Waals surface area contributed by atoms with E-state index in [-0.39, 0.29) is 17.6 Å². The molecule has 144 valence electrons. The molecule has 1 atom stereocenters. The van der Waals surface area contributed by atoms with E-state index in [1.807, 2.05) is 44.2 Å². The summed E-state index contributed by atoms with van der Waals surface area (Å²) in [7, 11) is 0. The maximum absolute atomic E-state index is 12.6. The third-order valence-corrected chi connectivity index (χ3v) is 4.18. The molecule has 28 heavy (non-hydrogen) atoms. The van der Waals surface area contributed by atoms with Gasteiger partial charge in [-0.15, -0.1) is 5.10 Å². The smallest absolute Gasteiger partial charge is 0.270 e. The summed E-state index contributed by atoms with van der Waals surface area (Å²) in [5, 5.41) is 10.6. The number of carbonyl (C=O) groups is 2. The number of benzene rings is 2. The van der Waals surface area contributed by atoms with Crippen molar-refractivity contribution in [2.75, 3.05) is 6.61 Å². The third-order valence-electron chi connectivity index (χ3n) is 4.18. The fourth-order valence-corrected chi connectivity index (χ4v) is 2.71. The van der Waals surface area contributed by atoms with E-state index in [1.165, 1.54) is 10.9 Å². The lowest BCUT2D eigenvalue weighted by Gasteiger charge is -2.16. The minimum Gasteiger partial charge on any atom is -0.493 e. The molecule has 1 heterocycles. The standard InChI is InChI=1S/C20H21N5O3/c1-3-28-18-7-5-4-6-16(18)20(27)22-13(2)14-8-10-15(11-9-14)25-12-17(19(21)26)23-24-25/h4-13H,3H2,1-2H3,(H2,21,26)(H,22,27)/t13-/m0/s1. The summed E-state index contributed by atoms with van der Waals surface area (Å²) >= 11 is 0. The number of para-hydroxylation sites is 1. The summed E-state index contributed by atoms with van der Waals surface area (Å²) in [6, 6.07) is 14.3. The van der Waals surface area contributed by atoms with Gasteiger partial charge in [0.2, 0.25) is 0 Å². The zero-order valence-corrected chi connectivity index (χ0v) is 15.6. The second kappa shape index (κ2) is 8.34. The van der Waals surface area contributed by atoms with Gasteiger partial charge in [0.15, 0.2) is 5.69 Å². The maximum atomic E-state index is 12.6. The van der Waals surface area contributed by atoms with Gasteiger partial charge in [-0.1, -0.05) is 29.5 Å². The number of hydrogen-bond donors (Lipinski definition) is 2. The Morgan fingerprint density at radius 2 is 1.89 bits per heavy atom. The highest BCUT2D eigenvalue weighted by Gasteiger charge is 2.15. The van der Waals surface area contributed by atoms with E-state index in [1.54, 1.807) is 18.2 Å². The minimum atomic E-state index is -0.633. The fourth-order valence-electron chi connectivity index (χ4n) is 2.71. The van der Waals surface area contributed by atoms with Crippen LogP contribution >= 0.6 is 0 Å². The van der Waals surface area contributed by atoms with Crippen molar-refractivity contribution >= 4 is 11.8 Å². The molecule has 0 bridgehead atoms. The molecule has 3 rings (SSSR count). The summed E-state index contributed by atoms with van der Waals surface area (Å²) in [6.45, 7) is 4.26. The van der Waals surface area contributed by atoms with Gasteiger partial charge in [0.25, 0.3) is 11.8 Å². The van der Waals surface area contributed by atoms with Gasteiger partial charge in [0, 0.05) is 0 Å². The minimum absolute atomic E-state index is 0.0951. The number of primary amides is 1. The number of amides is 2. The van der Waals surface area contributed by atoms with Crippen LogP contribution in [0, 0.1) is 0 Å². The van der Waals surface area contributed by atoms with Gasteiger partial charge in [0.05, 0.1) is 30.1 Å². The SMILES string of the molecule is CCOc1ccccc1C(=O)N[C@@H](C)c1ccc(-n2cc(C(N)=O)nn2)cc1. The topological polar surface area (TPSA) is 112 Å². The Kier molecular flexibility index (Phi) is 5.69. The van der Waals surface area contributed by atoms with Crippen molar-refractivity contribution in [3.63, 3.8) is 0 Å². The van der Waals surface area contributed by atoms with Crippen LogP contribution in [0.25, 0.3) is 5.69 Å². The first kappa shape index (κ1) is 19.1. The average Bonchev–Trinajstić information content (AvgIpc) is 3.19. The Labute approximate surface area is 162 Å². The van der Waals surface area contributed by atoms with Crippen molar-refractivity contribution < 1.29 is 14.3 Å². The Morgan fingerprint density at radius 1 is 1.18 bits per heavy atom.